The third-order valence-corrected chi connectivity index (χ3v) is 3.10. The molecule has 1 heterocycles. The van der Waals surface area contributed by atoms with Crippen LogP contribution < -0.4 is 4.74 Å². The Morgan fingerprint density at radius 3 is 2.73 bits per heavy atom. The summed E-state index contributed by atoms with van der Waals surface area (Å²) in [5.74, 6) is 1.88. The highest BCUT2D eigenvalue weighted by Crippen LogP contribution is 2.20. The van der Waals surface area contributed by atoms with Crippen LogP contribution in [0.2, 0.25) is 0 Å². The maximum Gasteiger partial charge on any atom is 0.241 e. The van der Waals surface area contributed by atoms with E-state index in [-0.39, 0.29) is 5.92 Å². The summed E-state index contributed by atoms with van der Waals surface area (Å²) in [6, 6.07) is 9.78. The van der Waals surface area contributed by atoms with E-state index in [1.807, 2.05) is 50.1 Å². The van der Waals surface area contributed by atoms with Crippen LogP contribution in [0.5, 0.6) is 5.75 Å². The number of benzene rings is 1. The Morgan fingerprint density at radius 2 is 2.09 bits per heavy atom. The first-order valence-electron chi connectivity index (χ1n) is 7.26. The number of ether oxygens (including phenoxy) is 1. The zero-order valence-electron chi connectivity index (χ0n) is 13.1. The van der Waals surface area contributed by atoms with Crippen LogP contribution in [0, 0.1) is 17.2 Å². The molecule has 6 heteroatoms. The van der Waals surface area contributed by atoms with Crippen LogP contribution in [0.15, 0.2) is 28.8 Å². The standard InChI is InChI=1S/C16H20N4O2/c1-4-21-14-7-5-13(6-8-14)16-18-15(22-19-16)11-20(3)10-12(2)9-17/h5-8,12H,4,10-11H2,1-3H3/t12-/m0/s1. The van der Waals surface area contributed by atoms with Crippen molar-refractivity contribution in [3.8, 4) is 23.2 Å². The Bertz CT molecular complexity index is 630. The number of aromatic nitrogens is 2. The molecular weight excluding hydrogens is 280 g/mol. The van der Waals surface area contributed by atoms with Crippen LogP contribution in [0.25, 0.3) is 11.4 Å². The van der Waals surface area contributed by atoms with Crippen molar-refractivity contribution in [2.75, 3.05) is 20.2 Å². The molecule has 6 nitrogen and oxygen atoms in total. The first-order valence-corrected chi connectivity index (χ1v) is 7.26. The van der Waals surface area contributed by atoms with E-state index in [1.54, 1.807) is 0 Å². The van der Waals surface area contributed by atoms with E-state index >= 15 is 0 Å². The molecule has 0 saturated carbocycles. The summed E-state index contributed by atoms with van der Waals surface area (Å²) in [5.41, 5.74) is 0.881. The fraction of sp³-hybridized carbons (Fsp3) is 0.438. The third-order valence-electron chi connectivity index (χ3n) is 3.10. The average molecular weight is 300 g/mol. The van der Waals surface area contributed by atoms with Crippen molar-refractivity contribution in [2.45, 2.75) is 20.4 Å². The lowest BCUT2D eigenvalue weighted by atomic mass is 10.2. The van der Waals surface area contributed by atoms with Crippen molar-refractivity contribution in [3.05, 3.63) is 30.2 Å². The van der Waals surface area contributed by atoms with Crippen LogP contribution in [-0.2, 0) is 6.54 Å². The maximum absolute atomic E-state index is 8.82. The molecule has 2 rings (SSSR count). The van der Waals surface area contributed by atoms with Gasteiger partial charge in [-0.25, -0.2) is 0 Å². The second-order valence-corrected chi connectivity index (χ2v) is 5.20. The molecule has 0 radical (unpaired) electrons. The predicted molar refractivity (Wildman–Crippen MR) is 82.0 cm³/mol. The molecule has 22 heavy (non-hydrogen) atoms. The van der Waals surface area contributed by atoms with E-state index in [9.17, 15) is 0 Å². The fourth-order valence-electron chi connectivity index (χ4n) is 2.11. The lowest BCUT2D eigenvalue weighted by molar-refractivity contribution is 0.253. The van der Waals surface area contributed by atoms with Crippen LogP contribution in [0.1, 0.15) is 19.7 Å². The number of hydrogen-bond donors (Lipinski definition) is 0. The van der Waals surface area contributed by atoms with Crippen molar-refractivity contribution in [2.24, 2.45) is 5.92 Å². The molecule has 0 aliphatic heterocycles. The van der Waals surface area contributed by atoms with Gasteiger partial charge in [-0.2, -0.15) is 10.2 Å². The van der Waals surface area contributed by atoms with E-state index in [0.29, 0.717) is 31.4 Å². The second-order valence-electron chi connectivity index (χ2n) is 5.20. The van der Waals surface area contributed by atoms with E-state index in [1.165, 1.54) is 0 Å². The molecule has 0 aliphatic carbocycles. The predicted octanol–water partition coefficient (Wildman–Crippen LogP) is 2.73. The van der Waals surface area contributed by atoms with Crippen molar-refractivity contribution in [1.29, 1.82) is 5.26 Å². The Labute approximate surface area is 130 Å². The Hall–Kier alpha value is -2.39. The molecular formula is C16H20N4O2. The van der Waals surface area contributed by atoms with Crippen LogP contribution in [0.3, 0.4) is 0 Å². The molecule has 1 atom stereocenters. The van der Waals surface area contributed by atoms with Crippen LogP contribution in [-0.4, -0.2) is 35.2 Å². The summed E-state index contributed by atoms with van der Waals surface area (Å²) in [4.78, 5) is 6.38. The summed E-state index contributed by atoms with van der Waals surface area (Å²) in [5, 5.41) is 12.8. The molecule has 116 valence electrons. The minimum atomic E-state index is -0.0292. The summed E-state index contributed by atoms with van der Waals surface area (Å²) < 4.78 is 10.7. The van der Waals surface area contributed by atoms with Crippen molar-refractivity contribution in [1.82, 2.24) is 15.0 Å². The largest absolute Gasteiger partial charge is 0.494 e. The SMILES string of the molecule is CCOc1ccc(-c2noc(CN(C)C[C@@H](C)C#N)n2)cc1. The lowest BCUT2D eigenvalue weighted by Gasteiger charge is -2.14. The average Bonchev–Trinajstić information content (AvgIpc) is 2.96. The molecule has 1 aromatic heterocycles. The van der Waals surface area contributed by atoms with Crippen LogP contribution >= 0.6 is 0 Å². The van der Waals surface area contributed by atoms with Gasteiger partial charge in [-0.15, -0.1) is 0 Å². The number of rotatable bonds is 7. The van der Waals surface area contributed by atoms with Crippen molar-refractivity contribution in [3.63, 3.8) is 0 Å². The smallest absolute Gasteiger partial charge is 0.241 e. The maximum atomic E-state index is 8.82. The van der Waals surface area contributed by atoms with Gasteiger partial charge in [0.05, 0.1) is 25.1 Å². The van der Waals surface area contributed by atoms with Gasteiger partial charge in [-0.05, 0) is 45.2 Å². The van der Waals surface area contributed by atoms with Gasteiger partial charge in [0.1, 0.15) is 5.75 Å². The Morgan fingerprint density at radius 1 is 1.36 bits per heavy atom. The first-order chi connectivity index (χ1) is 10.6. The zero-order valence-corrected chi connectivity index (χ0v) is 13.1. The minimum absolute atomic E-state index is 0.0292. The number of nitrogens with zero attached hydrogens (tertiary/aromatic N) is 4. The highest BCUT2D eigenvalue weighted by atomic mass is 16.5. The van der Waals surface area contributed by atoms with Crippen LogP contribution in [0.4, 0.5) is 0 Å². The highest BCUT2D eigenvalue weighted by Gasteiger charge is 2.12. The molecule has 0 N–H and O–H groups in total. The van der Waals surface area contributed by atoms with Gasteiger partial charge in [0.25, 0.3) is 0 Å². The summed E-state index contributed by atoms with van der Waals surface area (Å²) in [6.45, 7) is 5.66. The molecule has 0 bridgehead atoms. The monoisotopic (exact) mass is 300 g/mol. The summed E-state index contributed by atoms with van der Waals surface area (Å²) in [6.07, 6.45) is 0. The minimum Gasteiger partial charge on any atom is -0.494 e. The molecule has 0 saturated heterocycles. The first kappa shape index (κ1) is 16.0. The summed E-state index contributed by atoms with van der Waals surface area (Å²) >= 11 is 0. The van der Waals surface area contributed by atoms with Gasteiger partial charge < -0.3 is 9.26 Å². The zero-order chi connectivity index (χ0) is 15.9. The molecule has 0 amide bonds. The van der Waals surface area contributed by atoms with Gasteiger partial charge in [0, 0.05) is 12.1 Å². The Kier molecular flexibility index (Phi) is 5.50. The summed E-state index contributed by atoms with van der Waals surface area (Å²) in [7, 11) is 1.93. The van der Waals surface area contributed by atoms with E-state index in [4.69, 9.17) is 14.5 Å². The quantitative estimate of drug-likeness (QED) is 0.782. The number of hydrogen-bond acceptors (Lipinski definition) is 6. The highest BCUT2D eigenvalue weighted by molar-refractivity contribution is 5.55. The van der Waals surface area contributed by atoms with Gasteiger partial charge in [-0.1, -0.05) is 5.16 Å². The van der Waals surface area contributed by atoms with Gasteiger partial charge in [0.2, 0.25) is 11.7 Å². The van der Waals surface area contributed by atoms with Crippen molar-refractivity contribution < 1.29 is 9.26 Å². The van der Waals surface area contributed by atoms with Crippen molar-refractivity contribution >= 4 is 0 Å². The number of nitriles is 1. The van der Waals surface area contributed by atoms with Gasteiger partial charge in [-0.3, -0.25) is 4.90 Å². The lowest BCUT2D eigenvalue weighted by Crippen LogP contribution is -2.23. The van der Waals surface area contributed by atoms with E-state index in [2.05, 4.69) is 16.2 Å². The molecule has 0 unspecified atom stereocenters. The molecule has 0 fully saturated rings. The fourth-order valence-corrected chi connectivity index (χ4v) is 2.11. The second kappa shape index (κ2) is 7.57. The van der Waals surface area contributed by atoms with E-state index < -0.39 is 0 Å². The normalized spacial score (nSPS) is 12.1. The molecule has 1 aromatic carbocycles. The van der Waals surface area contributed by atoms with E-state index in [0.717, 1.165) is 11.3 Å². The van der Waals surface area contributed by atoms with Gasteiger partial charge in [0.15, 0.2) is 0 Å². The topological polar surface area (TPSA) is 75.2 Å². The van der Waals surface area contributed by atoms with Gasteiger partial charge >= 0.3 is 0 Å². The third kappa shape index (κ3) is 4.30. The molecule has 0 aliphatic rings. The molecule has 2 aromatic rings. The molecule has 0 spiro atoms. The Balaban J connectivity index is 2.00.